The van der Waals surface area contributed by atoms with Gasteiger partial charge in [0.05, 0.1) is 5.69 Å². The molecule has 0 amide bonds. The van der Waals surface area contributed by atoms with E-state index in [1.54, 1.807) is 0 Å². The lowest BCUT2D eigenvalue weighted by Gasteiger charge is -2.05. The Morgan fingerprint density at radius 3 is 2.72 bits per heavy atom. The zero-order chi connectivity index (χ0) is 12.9. The summed E-state index contributed by atoms with van der Waals surface area (Å²) in [5.41, 5.74) is 6.06. The van der Waals surface area contributed by atoms with Crippen molar-refractivity contribution in [2.45, 2.75) is 6.29 Å². The summed E-state index contributed by atoms with van der Waals surface area (Å²) in [5, 5.41) is 6.21. The Kier molecular flexibility index (Phi) is 2.08. The minimum atomic E-state index is -3.65. The van der Waals surface area contributed by atoms with Crippen LogP contribution >= 0.6 is 12.2 Å². The number of ether oxygens (including phenoxy) is 2. The highest BCUT2D eigenvalue weighted by molar-refractivity contribution is 7.71. The lowest BCUT2D eigenvalue weighted by atomic mass is 10.3. The Morgan fingerprint density at radius 1 is 1.33 bits per heavy atom. The second-order valence-electron chi connectivity index (χ2n) is 3.52. The summed E-state index contributed by atoms with van der Waals surface area (Å²) < 4.78 is 36.0. The van der Waals surface area contributed by atoms with Crippen molar-refractivity contribution in [3.63, 3.8) is 0 Å². The summed E-state index contributed by atoms with van der Waals surface area (Å²) in [5.74, 6) is -0.0111. The average molecular weight is 272 g/mol. The summed E-state index contributed by atoms with van der Waals surface area (Å²) >= 11 is 4.97. The number of nitrogen functional groups attached to an aromatic ring is 1. The van der Waals surface area contributed by atoms with Gasteiger partial charge in [-0.2, -0.15) is 0 Å². The van der Waals surface area contributed by atoms with Crippen LogP contribution in [0.1, 0.15) is 0 Å². The van der Waals surface area contributed by atoms with Gasteiger partial charge in [0.1, 0.15) is 0 Å². The van der Waals surface area contributed by atoms with E-state index >= 15 is 0 Å². The number of fused-ring (bicyclic) bond motifs is 1. The van der Waals surface area contributed by atoms with Crippen molar-refractivity contribution in [1.29, 1.82) is 0 Å². The normalized spacial score (nSPS) is 15.9. The second-order valence-corrected chi connectivity index (χ2v) is 3.91. The first-order valence-corrected chi connectivity index (χ1v) is 5.20. The number of nitrogens with two attached hydrogens (primary N) is 1. The molecule has 94 valence electrons. The Labute approximate surface area is 104 Å². The van der Waals surface area contributed by atoms with E-state index in [4.69, 9.17) is 18.0 Å². The lowest BCUT2D eigenvalue weighted by molar-refractivity contribution is -0.286. The number of aromatic nitrogens is 3. The number of anilines is 1. The second kappa shape index (κ2) is 3.42. The molecule has 1 aromatic carbocycles. The third-order valence-electron chi connectivity index (χ3n) is 2.34. The summed E-state index contributed by atoms with van der Waals surface area (Å²) in [6, 6.07) is 4.21. The van der Waals surface area contributed by atoms with Crippen LogP contribution in [0.3, 0.4) is 0 Å². The molecule has 0 fully saturated rings. The van der Waals surface area contributed by atoms with Gasteiger partial charge in [0.2, 0.25) is 10.7 Å². The Balaban J connectivity index is 2.11. The molecule has 3 N–H and O–H groups in total. The van der Waals surface area contributed by atoms with Crippen LogP contribution in [0.25, 0.3) is 5.69 Å². The monoisotopic (exact) mass is 272 g/mol. The first-order valence-electron chi connectivity index (χ1n) is 4.79. The molecule has 0 atom stereocenters. The Hall–Kier alpha value is -2.16. The molecule has 1 aliphatic heterocycles. The third kappa shape index (κ3) is 1.59. The highest BCUT2D eigenvalue weighted by Gasteiger charge is 2.43. The molecule has 2 heterocycles. The van der Waals surface area contributed by atoms with E-state index < -0.39 is 6.29 Å². The predicted octanol–water partition coefficient (Wildman–Crippen LogP) is 1.83. The van der Waals surface area contributed by atoms with E-state index in [-0.39, 0.29) is 22.2 Å². The van der Waals surface area contributed by atoms with Crippen LogP contribution < -0.4 is 15.2 Å². The van der Waals surface area contributed by atoms with Gasteiger partial charge in [-0.1, -0.05) is 0 Å². The molecule has 0 bridgehead atoms. The molecule has 9 heteroatoms. The fraction of sp³-hybridized carbons (Fsp3) is 0.111. The largest absolute Gasteiger partial charge is 0.586 e. The van der Waals surface area contributed by atoms with Gasteiger partial charge in [0, 0.05) is 6.07 Å². The predicted molar refractivity (Wildman–Crippen MR) is 59.4 cm³/mol. The van der Waals surface area contributed by atoms with Gasteiger partial charge >= 0.3 is 6.29 Å². The van der Waals surface area contributed by atoms with E-state index in [0.29, 0.717) is 5.69 Å². The molecule has 0 saturated carbocycles. The number of benzene rings is 1. The fourth-order valence-electron chi connectivity index (χ4n) is 1.64. The maximum absolute atomic E-state index is 12.9. The first kappa shape index (κ1) is 11.0. The number of hydrogen-bond donors (Lipinski definition) is 2. The SMILES string of the molecule is Nc1n[nH]c(=S)n1-c1ccc2c(c1)OC(F)(F)O2. The van der Waals surface area contributed by atoms with Gasteiger partial charge in [0.15, 0.2) is 11.5 Å². The van der Waals surface area contributed by atoms with Crippen molar-refractivity contribution in [3.05, 3.63) is 23.0 Å². The molecule has 6 nitrogen and oxygen atoms in total. The van der Waals surface area contributed by atoms with Gasteiger partial charge < -0.3 is 15.2 Å². The van der Waals surface area contributed by atoms with Crippen molar-refractivity contribution >= 4 is 18.2 Å². The van der Waals surface area contributed by atoms with E-state index in [1.165, 1.54) is 22.8 Å². The van der Waals surface area contributed by atoms with Crippen molar-refractivity contribution < 1.29 is 18.3 Å². The molecule has 0 radical (unpaired) electrons. The van der Waals surface area contributed by atoms with Crippen LogP contribution in [-0.4, -0.2) is 21.1 Å². The van der Waals surface area contributed by atoms with Crippen LogP contribution in [0, 0.1) is 4.77 Å². The molecule has 18 heavy (non-hydrogen) atoms. The highest BCUT2D eigenvalue weighted by Crippen LogP contribution is 2.41. The third-order valence-corrected chi connectivity index (χ3v) is 2.62. The minimum absolute atomic E-state index is 0.0441. The summed E-state index contributed by atoms with van der Waals surface area (Å²) in [7, 11) is 0. The standard InChI is InChI=1S/C9H6F2N4O2S/c10-9(11)16-5-2-1-4(3-6(5)17-9)15-7(12)13-14-8(15)18/h1-3H,(H2,12,13)(H,14,18). The maximum atomic E-state index is 12.9. The van der Waals surface area contributed by atoms with Gasteiger partial charge in [-0.25, -0.2) is 5.10 Å². The molecule has 1 aliphatic rings. The Bertz CT molecular complexity index is 681. The molecular weight excluding hydrogens is 266 g/mol. The van der Waals surface area contributed by atoms with Crippen molar-refractivity contribution in [1.82, 2.24) is 14.8 Å². The fourth-order valence-corrected chi connectivity index (χ4v) is 1.88. The molecule has 0 aliphatic carbocycles. The zero-order valence-electron chi connectivity index (χ0n) is 8.68. The molecular formula is C9H6F2N4O2S. The van der Waals surface area contributed by atoms with Crippen LogP contribution in [0.2, 0.25) is 0 Å². The molecule has 0 saturated heterocycles. The van der Waals surface area contributed by atoms with Crippen LogP contribution in [0.4, 0.5) is 14.7 Å². The van der Waals surface area contributed by atoms with E-state index in [1.807, 2.05) is 0 Å². The van der Waals surface area contributed by atoms with Gasteiger partial charge in [-0.3, -0.25) is 4.57 Å². The van der Waals surface area contributed by atoms with E-state index in [2.05, 4.69) is 19.7 Å². The van der Waals surface area contributed by atoms with E-state index in [9.17, 15) is 8.78 Å². The number of nitrogens with zero attached hydrogens (tertiary/aromatic N) is 2. The van der Waals surface area contributed by atoms with E-state index in [0.717, 1.165) is 0 Å². The van der Waals surface area contributed by atoms with Crippen molar-refractivity contribution in [2.75, 3.05) is 5.73 Å². The van der Waals surface area contributed by atoms with Gasteiger partial charge in [0.25, 0.3) is 0 Å². The van der Waals surface area contributed by atoms with Crippen LogP contribution in [-0.2, 0) is 0 Å². The number of alkyl halides is 2. The van der Waals surface area contributed by atoms with Crippen LogP contribution in [0.15, 0.2) is 18.2 Å². The quantitative estimate of drug-likeness (QED) is 0.774. The molecule has 0 unspecified atom stereocenters. The zero-order valence-corrected chi connectivity index (χ0v) is 9.50. The molecule has 2 aromatic rings. The summed E-state index contributed by atoms with van der Waals surface area (Å²) in [6.45, 7) is 0. The summed E-state index contributed by atoms with van der Waals surface area (Å²) in [4.78, 5) is 0. The maximum Gasteiger partial charge on any atom is 0.586 e. The van der Waals surface area contributed by atoms with Gasteiger partial charge in [-0.05, 0) is 24.4 Å². The minimum Gasteiger partial charge on any atom is -0.395 e. The van der Waals surface area contributed by atoms with Gasteiger partial charge in [-0.15, -0.1) is 13.9 Å². The average Bonchev–Trinajstić information content (AvgIpc) is 2.76. The smallest absolute Gasteiger partial charge is 0.395 e. The number of nitrogens with one attached hydrogen (secondary N) is 1. The highest BCUT2D eigenvalue weighted by atomic mass is 32.1. The molecule has 0 spiro atoms. The molecule has 3 rings (SSSR count). The first-order chi connectivity index (χ1) is 8.46. The number of rotatable bonds is 1. The number of hydrogen-bond acceptors (Lipinski definition) is 5. The van der Waals surface area contributed by atoms with Crippen LogP contribution in [0.5, 0.6) is 11.5 Å². The number of halogens is 2. The molecule has 1 aromatic heterocycles. The van der Waals surface area contributed by atoms with Crippen molar-refractivity contribution in [3.8, 4) is 17.2 Å². The van der Waals surface area contributed by atoms with Crippen molar-refractivity contribution in [2.24, 2.45) is 0 Å². The summed E-state index contributed by atoms with van der Waals surface area (Å²) in [6.07, 6.45) is -3.65. The lowest BCUT2D eigenvalue weighted by Crippen LogP contribution is -2.25. The Morgan fingerprint density at radius 2 is 2.06 bits per heavy atom. The number of H-pyrrole nitrogens is 1. The topological polar surface area (TPSA) is 78.1 Å². The number of aromatic amines is 1.